The molecule has 1 heterocycles. The molecule has 1 amide bonds. The smallest absolute Gasteiger partial charge is 0.336 e. The minimum atomic E-state index is -1.00. The van der Waals surface area contributed by atoms with Crippen LogP contribution in [-0.4, -0.2) is 17.0 Å². The summed E-state index contributed by atoms with van der Waals surface area (Å²) < 4.78 is 0. The average Bonchev–Trinajstić information content (AvgIpc) is 2.52. The molecule has 0 aliphatic heterocycles. The van der Waals surface area contributed by atoms with Crippen LogP contribution < -0.4 is 5.32 Å². The predicted molar refractivity (Wildman–Crippen MR) is 50.1 cm³/mol. The minimum Gasteiger partial charge on any atom is -0.478 e. The minimum absolute atomic E-state index is 0.171. The van der Waals surface area contributed by atoms with Crippen LogP contribution >= 0.6 is 11.3 Å². The molecular weight excluding hydrogens is 190 g/mol. The maximum Gasteiger partial charge on any atom is 0.336 e. The summed E-state index contributed by atoms with van der Waals surface area (Å²) in [5.41, 5.74) is 0.171. The molecule has 0 radical (unpaired) electrons. The fourth-order valence-electron chi connectivity index (χ4n) is 0.686. The second-order valence-electron chi connectivity index (χ2n) is 2.20. The Hall–Kier alpha value is -1.62. The second-order valence-corrected chi connectivity index (χ2v) is 3.11. The summed E-state index contributed by atoms with van der Waals surface area (Å²) in [5, 5.41) is 13.0. The molecule has 0 unspecified atom stereocenters. The Morgan fingerprint density at radius 2 is 2.31 bits per heavy atom. The van der Waals surface area contributed by atoms with E-state index in [1.54, 1.807) is 0 Å². The molecule has 5 heteroatoms. The van der Waals surface area contributed by atoms with Crippen molar-refractivity contribution < 1.29 is 14.7 Å². The molecule has 0 aromatic carbocycles. The van der Waals surface area contributed by atoms with Crippen molar-refractivity contribution in [1.82, 2.24) is 0 Å². The van der Waals surface area contributed by atoms with Gasteiger partial charge in [0.15, 0.2) is 0 Å². The number of carboxylic acid groups (broad SMARTS) is 1. The Balaban J connectivity index is 2.74. The van der Waals surface area contributed by atoms with Crippen LogP contribution in [0.25, 0.3) is 0 Å². The zero-order valence-corrected chi connectivity index (χ0v) is 7.43. The van der Waals surface area contributed by atoms with Gasteiger partial charge in [-0.2, -0.15) is 0 Å². The van der Waals surface area contributed by atoms with Gasteiger partial charge in [0.25, 0.3) is 0 Å². The van der Waals surface area contributed by atoms with E-state index in [9.17, 15) is 9.59 Å². The molecule has 0 saturated heterocycles. The van der Waals surface area contributed by atoms with Gasteiger partial charge in [-0.15, -0.1) is 11.3 Å². The molecule has 0 atom stereocenters. The SMILES string of the molecule is C=CC(=O)Nc1cc(C(=O)O)cs1. The Kier molecular flexibility index (Phi) is 2.81. The van der Waals surface area contributed by atoms with Gasteiger partial charge in [-0.3, -0.25) is 4.79 Å². The van der Waals surface area contributed by atoms with Crippen LogP contribution in [0, 0.1) is 0 Å². The van der Waals surface area contributed by atoms with E-state index in [4.69, 9.17) is 5.11 Å². The molecule has 4 nitrogen and oxygen atoms in total. The standard InChI is InChI=1S/C8H7NO3S/c1-2-6(10)9-7-3-5(4-13-7)8(11)12/h2-4H,1H2,(H,9,10)(H,11,12). The van der Waals surface area contributed by atoms with Crippen molar-refractivity contribution >= 4 is 28.2 Å². The Bertz CT molecular complexity index is 356. The van der Waals surface area contributed by atoms with E-state index in [-0.39, 0.29) is 11.5 Å². The second kappa shape index (κ2) is 3.86. The summed E-state index contributed by atoms with van der Waals surface area (Å²) in [6.07, 6.45) is 1.13. The monoisotopic (exact) mass is 197 g/mol. The van der Waals surface area contributed by atoms with Gasteiger partial charge in [-0.1, -0.05) is 6.58 Å². The van der Waals surface area contributed by atoms with Gasteiger partial charge in [0.2, 0.25) is 5.91 Å². The lowest BCUT2D eigenvalue weighted by Crippen LogP contribution is -2.05. The predicted octanol–water partition coefficient (Wildman–Crippen LogP) is 1.57. The van der Waals surface area contributed by atoms with Crippen LogP contribution in [0.4, 0.5) is 5.00 Å². The van der Waals surface area contributed by atoms with E-state index in [1.807, 2.05) is 0 Å². The van der Waals surface area contributed by atoms with Crippen LogP contribution in [0.5, 0.6) is 0 Å². The van der Waals surface area contributed by atoms with Gasteiger partial charge < -0.3 is 10.4 Å². The Morgan fingerprint density at radius 3 is 2.77 bits per heavy atom. The molecule has 1 aromatic rings. The van der Waals surface area contributed by atoms with Crippen molar-refractivity contribution in [2.45, 2.75) is 0 Å². The van der Waals surface area contributed by atoms with Crippen LogP contribution in [-0.2, 0) is 4.79 Å². The summed E-state index contributed by atoms with van der Waals surface area (Å²) in [5.74, 6) is -1.35. The number of nitrogens with one attached hydrogen (secondary N) is 1. The molecule has 13 heavy (non-hydrogen) atoms. The molecule has 0 saturated carbocycles. The van der Waals surface area contributed by atoms with Crippen LogP contribution in [0.15, 0.2) is 24.1 Å². The van der Waals surface area contributed by atoms with E-state index in [1.165, 1.54) is 11.4 Å². The Morgan fingerprint density at radius 1 is 1.62 bits per heavy atom. The van der Waals surface area contributed by atoms with Gasteiger partial charge in [0, 0.05) is 5.38 Å². The third kappa shape index (κ3) is 2.41. The maximum absolute atomic E-state index is 10.8. The number of aromatic carboxylic acids is 1. The van der Waals surface area contributed by atoms with E-state index in [2.05, 4.69) is 11.9 Å². The maximum atomic E-state index is 10.8. The number of anilines is 1. The van der Waals surface area contributed by atoms with Gasteiger partial charge in [-0.25, -0.2) is 4.79 Å². The number of rotatable bonds is 3. The highest BCUT2D eigenvalue weighted by molar-refractivity contribution is 7.14. The van der Waals surface area contributed by atoms with Crippen molar-refractivity contribution in [2.75, 3.05) is 5.32 Å². The summed E-state index contributed by atoms with van der Waals surface area (Å²) in [6.45, 7) is 3.27. The van der Waals surface area contributed by atoms with Crippen molar-refractivity contribution in [3.05, 3.63) is 29.7 Å². The van der Waals surface area contributed by atoms with Crippen molar-refractivity contribution in [1.29, 1.82) is 0 Å². The summed E-state index contributed by atoms with van der Waals surface area (Å²) in [4.78, 5) is 21.2. The van der Waals surface area contributed by atoms with Gasteiger partial charge >= 0.3 is 5.97 Å². The topological polar surface area (TPSA) is 66.4 Å². The largest absolute Gasteiger partial charge is 0.478 e. The van der Waals surface area contributed by atoms with E-state index in [0.29, 0.717) is 5.00 Å². The van der Waals surface area contributed by atoms with Gasteiger partial charge in [0.05, 0.1) is 10.6 Å². The number of carboxylic acids is 1. The first-order chi connectivity index (χ1) is 6.13. The first-order valence-electron chi connectivity index (χ1n) is 3.38. The van der Waals surface area contributed by atoms with E-state index >= 15 is 0 Å². The van der Waals surface area contributed by atoms with Crippen LogP contribution in [0.3, 0.4) is 0 Å². The lowest BCUT2D eigenvalue weighted by atomic mass is 10.3. The lowest BCUT2D eigenvalue weighted by Gasteiger charge is -1.94. The fraction of sp³-hybridized carbons (Fsp3) is 0. The summed E-state index contributed by atoms with van der Waals surface area (Å²) in [7, 11) is 0. The highest BCUT2D eigenvalue weighted by Gasteiger charge is 2.06. The number of amides is 1. The van der Waals surface area contributed by atoms with Crippen LogP contribution in [0.1, 0.15) is 10.4 Å². The number of hydrogen-bond acceptors (Lipinski definition) is 3. The average molecular weight is 197 g/mol. The van der Waals surface area contributed by atoms with Crippen LogP contribution in [0.2, 0.25) is 0 Å². The van der Waals surface area contributed by atoms with Crippen molar-refractivity contribution in [3.63, 3.8) is 0 Å². The molecular formula is C8H7NO3S. The van der Waals surface area contributed by atoms with E-state index < -0.39 is 5.97 Å². The lowest BCUT2D eigenvalue weighted by molar-refractivity contribution is -0.111. The molecule has 68 valence electrons. The van der Waals surface area contributed by atoms with Crippen molar-refractivity contribution in [2.24, 2.45) is 0 Å². The molecule has 0 bridgehead atoms. The number of carbonyl (C=O) groups excluding carboxylic acids is 1. The normalized spacial score (nSPS) is 9.23. The Labute approximate surface area is 78.5 Å². The van der Waals surface area contributed by atoms with Gasteiger partial charge in [-0.05, 0) is 12.1 Å². The summed E-state index contributed by atoms with van der Waals surface area (Å²) in [6, 6.07) is 1.40. The molecule has 0 aliphatic carbocycles. The number of carbonyl (C=O) groups is 2. The third-order valence-electron chi connectivity index (χ3n) is 1.28. The van der Waals surface area contributed by atoms with E-state index in [0.717, 1.165) is 17.4 Å². The zero-order chi connectivity index (χ0) is 9.84. The third-order valence-corrected chi connectivity index (χ3v) is 2.12. The quantitative estimate of drug-likeness (QED) is 0.723. The molecule has 0 spiro atoms. The summed E-state index contributed by atoms with van der Waals surface area (Å²) >= 11 is 1.16. The highest BCUT2D eigenvalue weighted by Crippen LogP contribution is 2.20. The molecule has 1 aromatic heterocycles. The first-order valence-corrected chi connectivity index (χ1v) is 4.26. The molecule has 0 fully saturated rings. The molecule has 0 aliphatic rings. The number of hydrogen-bond donors (Lipinski definition) is 2. The fourth-order valence-corrected chi connectivity index (χ4v) is 1.46. The zero-order valence-electron chi connectivity index (χ0n) is 6.61. The van der Waals surface area contributed by atoms with Crippen molar-refractivity contribution in [3.8, 4) is 0 Å². The van der Waals surface area contributed by atoms with Gasteiger partial charge in [0.1, 0.15) is 0 Å². The highest BCUT2D eigenvalue weighted by atomic mass is 32.1. The number of thiophene rings is 1. The first kappa shape index (κ1) is 9.47. The molecule has 2 N–H and O–H groups in total. The molecule has 1 rings (SSSR count).